The van der Waals surface area contributed by atoms with Crippen LogP contribution in [-0.4, -0.2) is 67.0 Å². The van der Waals surface area contributed by atoms with Crippen molar-refractivity contribution in [1.29, 1.82) is 0 Å². The Bertz CT molecular complexity index is 257. The number of carbonyl (C=O) groups excluding carboxylic acids is 1. The molecule has 1 aliphatic rings. The lowest BCUT2D eigenvalue weighted by Crippen LogP contribution is -2.58. The van der Waals surface area contributed by atoms with Crippen LogP contribution in [0.25, 0.3) is 0 Å². The molecule has 0 unspecified atom stereocenters. The molecule has 0 heterocycles. The maximum Gasteiger partial charge on any atom is 0.319 e. The highest BCUT2D eigenvalue weighted by molar-refractivity contribution is 5.74. The summed E-state index contributed by atoms with van der Waals surface area (Å²) in [5, 5.41) is 0. The van der Waals surface area contributed by atoms with E-state index >= 15 is 0 Å². The Hall–Kier alpha value is -0.770. The topological polar surface area (TPSA) is 26.8 Å². The Balaban J connectivity index is 2.58. The van der Waals surface area contributed by atoms with Gasteiger partial charge in [-0.1, -0.05) is 0 Å². The zero-order valence-corrected chi connectivity index (χ0v) is 12.0. The molecule has 1 rings (SSSR count). The van der Waals surface area contributed by atoms with Crippen LogP contribution in [0.3, 0.4) is 0 Å². The van der Waals surface area contributed by atoms with E-state index in [2.05, 4.69) is 19.0 Å². The quantitative estimate of drug-likeness (QED) is 0.734. The molecule has 0 aromatic rings. The van der Waals surface area contributed by atoms with Gasteiger partial charge in [0.1, 0.15) is 0 Å². The number of nitrogens with zero attached hydrogens (tertiary/aromatic N) is 3. The van der Waals surface area contributed by atoms with Gasteiger partial charge in [-0.2, -0.15) is 0 Å². The van der Waals surface area contributed by atoms with Crippen LogP contribution in [-0.2, 0) is 0 Å². The minimum atomic E-state index is 0.156. The van der Waals surface area contributed by atoms with Gasteiger partial charge in [0.15, 0.2) is 0 Å². The molecular formula is C13H27N3O. The van der Waals surface area contributed by atoms with Crippen molar-refractivity contribution in [3.8, 4) is 0 Å². The lowest BCUT2D eigenvalue weighted by atomic mass is 9.75. The molecule has 2 amide bonds. The summed E-state index contributed by atoms with van der Waals surface area (Å²) >= 11 is 0. The molecule has 0 saturated heterocycles. The van der Waals surface area contributed by atoms with Crippen LogP contribution in [0.2, 0.25) is 0 Å². The molecule has 0 aromatic carbocycles. The van der Waals surface area contributed by atoms with Gasteiger partial charge in [-0.25, -0.2) is 4.79 Å². The van der Waals surface area contributed by atoms with Gasteiger partial charge in [0, 0.05) is 32.2 Å². The lowest BCUT2D eigenvalue weighted by Gasteiger charge is -2.49. The van der Waals surface area contributed by atoms with Crippen molar-refractivity contribution in [2.24, 2.45) is 0 Å². The summed E-state index contributed by atoms with van der Waals surface area (Å²) in [5.41, 5.74) is 0.220. The maximum atomic E-state index is 12.2. The second kappa shape index (κ2) is 5.71. The molecule has 4 heteroatoms. The van der Waals surface area contributed by atoms with Gasteiger partial charge in [0.05, 0.1) is 0 Å². The Morgan fingerprint density at radius 2 is 1.65 bits per heavy atom. The molecule has 0 atom stereocenters. The van der Waals surface area contributed by atoms with Gasteiger partial charge in [-0.3, -0.25) is 0 Å². The third-order valence-corrected chi connectivity index (χ3v) is 4.12. The molecule has 100 valence electrons. The first kappa shape index (κ1) is 14.3. The van der Waals surface area contributed by atoms with Gasteiger partial charge in [0.25, 0.3) is 0 Å². The van der Waals surface area contributed by atoms with Crippen molar-refractivity contribution in [2.75, 3.05) is 40.8 Å². The van der Waals surface area contributed by atoms with E-state index in [0.29, 0.717) is 0 Å². The summed E-state index contributed by atoms with van der Waals surface area (Å²) in [4.78, 5) is 18.2. The van der Waals surface area contributed by atoms with Crippen molar-refractivity contribution >= 4 is 6.03 Å². The van der Waals surface area contributed by atoms with Crippen molar-refractivity contribution in [1.82, 2.24) is 14.7 Å². The highest BCUT2D eigenvalue weighted by atomic mass is 16.2. The maximum absolute atomic E-state index is 12.2. The molecule has 1 aliphatic carbocycles. The number of hydrogen-bond donors (Lipinski definition) is 0. The Kier molecular flexibility index (Phi) is 4.80. The number of hydrogen-bond acceptors (Lipinski definition) is 2. The molecule has 1 fully saturated rings. The number of likely N-dealkylation sites (N-methyl/N-ethyl adjacent to an activating group) is 2. The SMILES string of the molecule is CCN(CC)C(=O)N(C)CC1(N(C)C)CCC1. The molecule has 4 nitrogen and oxygen atoms in total. The fourth-order valence-electron chi connectivity index (χ4n) is 2.58. The van der Waals surface area contributed by atoms with E-state index < -0.39 is 0 Å². The second-order valence-corrected chi connectivity index (χ2v) is 5.28. The first-order valence-corrected chi connectivity index (χ1v) is 6.64. The first-order chi connectivity index (χ1) is 7.96. The molecule has 0 bridgehead atoms. The van der Waals surface area contributed by atoms with Crippen molar-refractivity contribution in [3.63, 3.8) is 0 Å². The monoisotopic (exact) mass is 241 g/mol. The summed E-state index contributed by atoms with van der Waals surface area (Å²) in [5.74, 6) is 0. The standard InChI is InChI=1S/C13H27N3O/c1-6-16(7-2)12(17)15(5)11-13(14(3)4)9-8-10-13/h6-11H2,1-5H3. The molecule has 0 radical (unpaired) electrons. The van der Waals surface area contributed by atoms with Crippen LogP contribution in [0.1, 0.15) is 33.1 Å². The van der Waals surface area contributed by atoms with E-state index in [4.69, 9.17) is 0 Å². The lowest BCUT2D eigenvalue weighted by molar-refractivity contribution is 0.0320. The zero-order valence-electron chi connectivity index (χ0n) is 12.0. The number of amides is 2. The summed E-state index contributed by atoms with van der Waals surface area (Å²) < 4.78 is 0. The highest BCUT2D eigenvalue weighted by Crippen LogP contribution is 2.36. The summed E-state index contributed by atoms with van der Waals surface area (Å²) in [6.45, 7) is 6.47. The third kappa shape index (κ3) is 2.92. The molecule has 0 N–H and O–H groups in total. The van der Waals surface area contributed by atoms with Crippen molar-refractivity contribution in [3.05, 3.63) is 0 Å². The summed E-state index contributed by atoms with van der Waals surface area (Å²) in [7, 11) is 6.16. The number of urea groups is 1. The van der Waals surface area contributed by atoms with Gasteiger partial charge in [0.2, 0.25) is 0 Å². The van der Waals surface area contributed by atoms with Crippen LogP contribution in [0.5, 0.6) is 0 Å². The van der Waals surface area contributed by atoms with E-state index in [0.717, 1.165) is 19.6 Å². The van der Waals surface area contributed by atoms with E-state index in [1.165, 1.54) is 19.3 Å². The zero-order chi connectivity index (χ0) is 13.1. The molecule has 0 aliphatic heterocycles. The summed E-state index contributed by atoms with van der Waals surface area (Å²) in [6, 6.07) is 0.156. The number of rotatable bonds is 5. The predicted octanol–water partition coefficient (Wildman–Crippen LogP) is 1.86. The fourth-order valence-corrected chi connectivity index (χ4v) is 2.58. The van der Waals surface area contributed by atoms with Crippen LogP contribution < -0.4 is 0 Å². The third-order valence-electron chi connectivity index (χ3n) is 4.12. The summed E-state index contributed by atoms with van der Waals surface area (Å²) in [6.07, 6.45) is 3.69. The molecule has 17 heavy (non-hydrogen) atoms. The predicted molar refractivity (Wildman–Crippen MR) is 71.2 cm³/mol. The smallest absolute Gasteiger partial charge is 0.319 e. The largest absolute Gasteiger partial charge is 0.326 e. The molecule has 0 aromatic heterocycles. The van der Waals surface area contributed by atoms with Gasteiger partial charge < -0.3 is 14.7 Å². The Labute approximate surface area is 106 Å². The first-order valence-electron chi connectivity index (χ1n) is 6.64. The molecule has 0 spiro atoms. The highest BCUT2D eigenvalue weighted by Gasteiger charge is 2.40. The molecular weight excluding hydrogens is 214 g/mol. The van der Waals surface area contributed by atoms with Crippen LogP contribution in [0, 0.1) is 0 Å². The Morgan fingerprint density at radius 3 is 1.94 bits per heavy atom. The van der Waals surface area contributed by atoms with Gasteiger partial charge >= 0.3 is 6.03 Å². The van der Waals surface area contributed by atoms with E-state index in [-0.39, 0.29) is 11.6 Å². The van der Waals surface area contributed by atoms with E-state index in [1.807, 2.05) is 30.7 Å². The average molecular weight is 241 g/mol. The minimum absolute atomic E-state index is 0.156. The van der Waals surface area contributed by atoms with Crippen LogP contribution in [0.15, 0.2) is 0 Å². The van der Waals surface area contributed by atoms with E-state index in [9.17, 15) is 4.79 Å². The minimum Gasteiger partial charge on any atom is -0.326 e. The van der Waals surface area contributed by atoms with Crippen LogP contribution in [0.4, 0.5) is 4.79 Å². The second-order valence-electron chi connectivity index (χ2n) is 5.28. The van der Waals surface area contributed by atoms with Crippen molar-refractivity contribution < 1.29 is 4.79 Å². The number of carbonyl (C=O) groups is 1. The van der Waals surface area contributed by atoms with Gasteiger partial charge in [-0.05, 0) is 47.2 Å². The fraction of sp³-hybridized carbons (Fsp3) is 0.923. The molecule has 1 saturated carbocycles. The van der Waals surface area contributed by atoms with Crippen LogP contribution >= 0.6 is 0 Å². The Morgan fingerprint density at radius 1 is 1.12 bits per heavy atom. The normalized spacial score (nSPS) is 17.8. The van der Waals surface area contributed by atoms with Crippen molar-refractivity contribution in [2.45, 2.75) is 38.6 Å². The van der Waals surface area contributed by atoms with E-state index in [1.54, 1.807) is 0 Å². The van der Waals surface area contributed by atoms with Gasteiger partial charge in [-0.15, -0.1) is 0 Å². The average Bonchev–Trinajstić information content (AvgIpc) is 2.24.